The van der Waals surface area contributed by atoms with E-state index in [9.17, 15) is 0 Å². The van der Waals surface area contributed by atoms with Gasteiger partial charge in [0.2, 0.25) is 0 Å². The third-order valence-corrected chi connectivity index (χ3v) is 6.20. The van der Waals surface area contributed by atoms with E-state index in [2.05, 4.69) is 135 Å². The molecule has 0 saturated heterocycles. The highest BCUT2D eigenvalue weighted by Crippen LogP contribution is 2.14. The Balaban J connectivity index is 2.06. The molecule has 4 aromatic carbocycles. The molecule has 0 heterocycles. The predicted molar refractivity (Wildman–Crippen MR) is 129 cm³/mol. The van der Waals surface area contributed by atoms with Gasteiger partial charge in [0.25, 0.3) is 0 Å². The Morgan fingerprint density at radius 3 is 1.21 bits per heavy atom. The van der Waals surface area contributed by atoms with E-state index in [1.54, 1.807) is 0 Å². The molecule has 4 rings (SSSR count). The van der Waals surface area contributed by atoms with Crippen LogP contribution in [0, 0.1) is 0 Å². The average molecular weight is 373 g/mol. The number of benzene rings is 4. The second kappa shape index (κ2) is 8.37. The summed E-state index contributed by atoms with van der Waals surface area (Å²) in [7, 11) is 0. The summed E-state index contributed by atoms with van der Waals surface area (Å²) >= 11 is 0. The van der Waals surface area contributed by atoms with Crippen molar-refractivity contribution in [2.24, 2.45) is 0 Å². The van der Waals surface area contributed by atoms with Crippen LogP contribution in [0.5, 0.6) is 0 Å². The maximum atomic E-state index is 2.31. The lowest BCUT2D eigenvalue weighted by molar-refractivity contribution is 1.55. The Morgan fingerprint density at radius 1 is 0.517 bits per heavy atom. The van der Waals surface area contributed by atoms with Gasteiger partial charge < -0.3 is 0 Å². The van der Waals surface area contributed by atoms with E-state index in [1.807, 2.05) is 0 Å². The van der Waals surface area contributed by atoms with E-state index in [0.29, 0.717) is 0 Å². The first-order chi connectivity index (χ1) is 14.3. The van der Waals surface area contributed by atoms with Crippen molar-refractivity contribution in [3.8, 4) is 0 Å². The van der Waals surface area contributed by atoms with Crippen molar-refractivity contribution in [1.82, 2.24) is 0 Å². The molecule has 0 radical (unpaired) electrons. The first kappa shape index (κ1) is 19.0. The van der Waals surface area contributed by atoms with Crippen molar-refractivity contribution in [3.05, 3.63) is 127 Å². The molecule has 0 N–H and O–H groups in total. The largest absolute Gasteiger partial charge is 0.195 e. The summed E-state index contributed by atoms with van der Waals surface area (Å²) in [6.45, 7) is 4.26. The van der Waals surface area contributed by atoms with E-state index in [-0.39, 0.29) is 0 Å². The molecule has 0 bridgehead atoms. The van der Waals surface area contributed by atoms with Crippen molar-refractivity contribution in [2.75, 3.05) is 0 Å². The third-order valence-electron chi connectivity index (χ3n) is 6.20. The molecule has 0 aliphatic carbocycles. The van der Waals surface area contributed by atoms with Crippen LogP contribution in [0.25, 0.3) is 5.57 Å². The van der Waals surface area contributed by atoms with Crippen LogP contribution in [0.15, 0.2) is 121 Å². The number of hydrogen-bond acceptors (Lipinski definition) is 0. The molecule has 0 aliphatic heterocycles. The number of allylic oxidation sites excluding steroid dienone is 2. The van der Waals surface area contributed by atoms with Crippen LogP contribution >= 0.6 is 0 Å². The van der Waals surface area contributed by atoms with E-state index in [0.717, 1.165) is 0 Å². The summed E-state index contributed by atoms with van der Waals surface area (Å²) in [6.07, 6.45) is 0.888. The highest BCUT2D eigenvalue weighted by atomic mass is 14.1. The summed E-state index contributed by atoms with van der Waals surface area (Å²) in [4.78, 5) is 0. The zero-order valence-electron chi connectivity index (χ0n) is 17.1. The lowest BCUT2D eigenvalue weighted by Crippen LogP contribution is -2.74. The van der Waals surface area contributed by atoms with Gasteiger partial charge in [0.1, 0.15) is 6.15 Å². The van der Waals surface area contributed by atoms with Gasteiger partial charge in [-0.2, -0.15) is 21.9 Å². The molecule has 0 nitrogen and oxygen atoms in total. The summed E-state index contributed by atoms with van der Waals surface area (Å²) in [5, 5.41) is 0. The summed E-state index contributed by atoms with van der Waals surface area (Å²) in [5.74, 6) is 0. The zero-order chi connectivity index (χ0) is 20.1. The van der Waals surface area contributed by atoms with Crippen LogP contribution in [0.4, 0.5) is 0 Å². The second-order valence-electron chi connectivity index (χ2n) is 7.69. The zero-order valence-corrected chi connectivity index (χ0v) is 17.1. The minimum absolute atomic E-state index is 1.27. The van der Waals surface area contributed by atoms with Crippen LogP contribution in [0.1, 0.15) is 19.4 Å². The highest BCUT2D eigenvalue weighted by molar-refractivity contribution is 7.19. The van der Waals surface area contributed by atoms with Crippen LogP contribution in [-0.2, 0) is 0 Å². The van der Waals surface area contributed by atoms with E-state index in [4.69, 9.17) is 0 Å². The summed E-state index contributed by atoms with van der Waals surface area (Å²) < 4.78 is 0. The minimum Gasteiger partial charge on any atom is -0.195 e. The van der Waals surface area contributed by atoms with Gasteiger partial charge in [0.05, 0.1) is 0 Å². The maximum absolute atomic E-state index is 2.31. The first-order valence-corrected chi connectivity index (χ1v) is 10.3. The molecule has 0 aliphatic rings. The van der Waals surface area contributed by atoms with E-state index >= 15 is 0 Å². The van der Waals surface area contributed by atoms with Crippen molar-refractivity contribution in [2.45, 2.75) is 13.8 Å². The molecule has 0 aromatic heterocycles. The van der Waals surface area contributed by atoms with Gasteiger partial charge in [-0.1, -0.05) is 121 Å². The first-order valence-electron chi connectivity index (χ1n) is 10.3. The second-order valence-corrected chi connectivity index (χ2v) is 7.69. The fraction of sp³-hybridized carbons (Fsp3) is 0.0714. The predicted octanol–water partition coefficient (Wildman–Crippen LogP) is 4.49. The summed E-state index contributed by atoms with van der Waals surface area (Å²) in [6, 6.07) is 41.9. The van der Waals surface area contributed by atoms with Gasteiger partial charge in [-0.05, 0) is 25.0 Å². The molecule has 142 valence electrons. The molecule has 0 atom stereocenters. The minimum atomic E-state index is -1.28. The lowest BCUT2D eigenvalue weighted by Gasteiger charge is -2.44. The third kappa shape index (κ3) is 3.45. The maximum Gasteiger partial charge on any atom is 0.108 e. The molecular formula is C28H26B-. The van der Waals surface area contributed by atoms with Gasteiger partial charge in [0.15, 0.2) is 0 Å². The van der Waals surface area contributed by atoms with Crippen LogP contribution in [0.2, 0.25) is 0 Å². The van der Waals surface area contributed by atoms with E-state index in [1.165, 1.54) is 33.0 Å². The molecule has 0 saturated carbocycles. The summed E-state index contributed by atoms with van der Waals surface area (Å²) in [5.41, 5.74) is 7.91. The van der Waals surface area contributed by atoms with Crippen molar-refractivity contribution < 1.29 is 0 Å². The standard InChI is InChI=1S/C28H26B/c1-3-23(2)24-19-21-28(22-20-24)29(25-13-7-4-8-14-25,26-15-9-5-10-16-26)27-17-11-6-12-18-27/h3-22H,1-2H3/q-1/b23-3-. The van der Waals surface area contributed by atoms with Crippen molar-refractivity contribution >= 4 is 33.6 Å². The Kier molecular flexibility index (Phi) is 5.49. The Morgan fingerprint density at radius 2 is 0.862 bits per heavy atom. The van der Waals surface area contributed by atoms with Crippen LogP contribution < -0.4 is 21.9 Å². The fourth-order valence-corrected chi connectivity index (χ4v) is 4.58. The topological polar surface area (TPSA) is 0 Å². The normalized spacial score (nSPS) is 12.0. The van der Waals surface area contributed by atoms with Crippen molar-refractivity contribution in [3.63, 3.8) is 0 Å². The van der Waals surface area contributed by atoms with E-state index < -0.39 is 6.15 Å². The van der Waals surface area contributed by atoms with Gasteiger partial charge >= 0.3 is 0 Å². The molecular weight excluding hydrogens is 347 g/mol. The number of hydrogen-bond donors (Lipinski definition) is 0. The molecule has 4 aromatic rings. The molecule has 29 heavy (non-hydrogen) atoms. The van der Waals surface area contributed by atoms with Crippen LogP contribution in [-0.4, -0.2) is 6.15 Å². The molecule has 1 heteroatoms. The van der Waals surface area contributed by atoms with Gasteiger partial charge in [-0.3, -0.25) is 0 Å². The fourth-order valence-electron chi connectivity index (χ4n) is 4.58. The van der Waals surface area contributed by atoms with Gasteiger partial charge in [0, 0.05) is 0 Å². The monoisotopic (exact) mass is 373 g/mol. The molecule has 0 fully saturated rings. The van der Waals surface area contributed by atoms with Crippen molar-refractivity contribution in [1.29, 1.82) is 0 Å². The Hall–Kier alpha value is -3.32. The lowest BCUT2D eigenvalue weighted by atomic mass is 9.13. The smallest absolute Gasteiger partial charge is 0.108 e. The van der Waals surface area contributed by atoms with Crippen LogP contribution in [0.3, 0.4) is 0 Å². The molecule has 0 unspecified atom stereocenters. The van der Waals surface area contributed by atoms with Gasteiger partial charge in [-0.25, -0.2) is 0 Å². The number of rotatable bonds is 5. The SMILES string of the molecule is C/C=C(/C)c1ccc([B-](c2ccccc2)(c2ccccc2)c2ccccc2)cc1. The molecule has 0 amide bonds. The molecule has 0 spiro atoms. The Bertz CT molecular complexity index is 983. The average Bonchev–Trinajstić information content (AvgIpc) is 2.82. The highest BCUT2D eigenvalue weighted by Gasteiger charge is 2.31. The quantitative estimate of drug-likeness (QED) is 0.453. The Labute approximate surface area is 174 Å². The van der Waals surface area contributed by atoms with Gasteiger partial charge in [-0.15, -0.1) is 0 Å².